The molecule has 5 rings (SSSR count). The number of ether oxygens (including phenoxy) is 1. The van der Waals surface area contributed by atoms with Gasteiger partial charge >= 0.3 is 0 Å². The lowest BCUT2D eigenvalue weighted by Crippen LogP contribution is -2.38. The zero-order valence-electron chi connectivity index (χ0n) is 22.9. The molecule has 8 heteroatoms. The molecule has 1 N–H and O–H groups in total. The van der Waals surface area contributed by atoms with Gasteiger partial charge in [-0.25, -0.2) is 4.39 Å². The van der Waals surface area contributed by atoms with Gasteiger partial charge in [-0.1, -0.05) is 18.2 Å². The van der Waals surface area contributed by atoms with E-state index in [1.54, 1.807) is 44.4 Å². The Morgan fingerprint density at radius 1 is 0.925 bits per heavy atom. The number of likely N-dealkylation sites (tertiary alicyclic amines) is 1. The number of benzene rings is 3. The molecule has 0 atom stereocenters. The fourth-order valence-corrected chi connectivity index (χ4v) is 4.95. The van der Waals surface area contributed by atoms with Crippen LogP contribution in [-0.4, -0.2) is 61.3 Å². The van der Waals surface area contributed by atoms with Gasteiger partial charge in [-0.3, -0.25) is 14.4 Å². The van der Waals surface area contributed by atoms with Gasteiger partial charge in [-0.2, -0.15) is 0 Å². The highest BCUT2D eigenvalue weighted by Gasteiger charge is 2.26. The molecule has 3 aromatic rings. The van der Waals surface area contributed by atoms with E-state index in [1.165, 1.54) is 17.0 Å². The molecule has 0 aromatic heterocycles. The van der Waals surface area contributed by atoms with Crippen molar-refractivity contribution in [1.29, 1.82) is 0 Å². The first kappa shape index (κ1) is 27.4. The van der Waals surface area contributed by atoms with Gasteiger partial charge in [-0.05, 0) is 85.5 Å². The van der Waals surface area contributed by atoms with Crippen molar-refractivity contribution in [3.05, 3.63) is 94.8 Å². The van der Waals surface area contributed by atoms with E-state index in [4.69, 9.17) is 4.74 Å². The maximum atomic E-state index is 14.5. The van der Waals surface area contributed by atoms with E-state index < -0.39 is 11.7 Å². The molecule has 1 heterocycles. The monoisotopic (exact) mass is 543 g/mol. The van der Waals surface area contributed by atoms with Crippen molar-refractivity contribution < 1.29 is 23.5 Å². The van der Waals surface area contributed by atoms with Crippen LogP contribution in [0.2, 0.25) is 0 Å². The van der Waals surface area contributed by atoms with Crippen LogP contribution in [0.4, 0.5) is 10.1 Å². The Kier molecular flexibility index (Phi) is 8.14. The average Bonchev–Trinajstić information content (AvgIpc) is 3.80. The largest absolute Gasteiger partial charge is 0.493 e. The number of rotatable bonds is 8. The molecule has 0 bridgehead atoms. The van der Waals surface area contributed by atoms with Crippen LogP contribution in [0.5, 0.6) is 5.75 Å². The lowest BCUT2D eigenvalue weighted by atomic mass is 9.89. The lowest BCUT2D eigenvalue weighted by molar-refractivity contribution is 0.0712. The highest BCUT2D eigenvalue weighted by atomic mass is 19.1. The van der Waals surface area contributed by atoms with Gasteiger partial charge in [0, 0.05) is 50.1 Å². The van der Waals surface area contributed by atoms with Crippen molar-refractivity contribution in [2.75, 3.05) is 39.1 Å². The van der Waals surface area contributed by atoms with Gasteiger partial charge in [0.25, 0.3) is 17.7 Å². The molecule has 1 saturated carbocycles. The maximum Gasteiger partial charge on any atom is 0.258 e. The summed E-state index contributed by atoms with van der Waals surface area (Å²) in [5.41, 5.74) is 2.70. The predicted molar refractivity (Wildman–Crippen MR) is 151 cm³/mol. The number of nitrogens with zero attached hydrogens (tertiary/aromatic N) is 2. The van der Waals surface area contributed by atoms with Crippen molar-refractivity contribution in [1.82, 2.24) is 9.80 Å². The number of amides is 3. The van der Waals surface area contributed by atoms with E-state index in [-0.39, 0.29) is 23.3 Å². The average molecular weight is 544 g/mol. The fraction of sp³-hybridized carbons (Fsp3) is 0.344. The topological polar surface area (TPSA) is 79.0 Å². The number of nitrogens with one attached hydrogen (secondary N) is 1. The summed E-state index contributed by atoms with van der Waals surface area (Å²) >= 11 is 0. The maximum absolute atomic E-state index is 14.5. The quantitative estimate of drug-likeness (QED) is 0.402. The molecule has 0 spiro atoms. The number of hydrogen-bond acceptors (Lipinski definition) is 4. The van der Waals surface area contributed by atoms with E-state index in [9.17, 15) is 18.8 Å². The highest BCUT2D eigenvalue weighted by Crippen LogP contribution is 2.31. The molecule has 3 amide bonds. The van der Waals surface area contributed by atoms with Gasteiger partial charge in [0.05, 0.1) is 12.2 Å². The van der Waals surface area contributed by atoms with E-state index in [2.05, 4.69) is 5.32 Å². The van der Waals surface area contributed by atoms with Crippen molar-refractivity contribution in [3.63, 3.8) is 0 Å². The minimum Gasteiger partial charge on any atom is -0.493 e. The van der Waals surface area contributed by atoms with Crippen molar-refractivity contribution in [2.24, 2.45) is 5.92 Å². The molecule has 3 aromatic carbocycles. The summed E-state index contributed by atoms with van der Waals surface area (Å²) in [7, 11) is 3.37. The highest BCUT2D eigenvalue weighted by molar-refractivity contribution is 6.04. The summed E-state index contributed by atoms with van der Waals surface area (Å²) in [6, 6.07) is 18.8. The molecule has 0 unspecified atom stereocenters. The third-order valence-corrected chi connectivity index (χ3v) is 7.55. The van der Waals surface area contributed by atoms with E-state index in [0.717, 1.165) is 31.2 Å². The normalized spacial score (nSPS) is 15.4. The first-order valence-corrected chi connectivity index (χ1v) is 13.7. The van der Waals surface area contributed by atoms with Crippen LogP contribution < -0.4 is 10.1 Å². The number of hydrogen-bond donors (Lipinski definition) is 1. The molecule has 2 fully saturated rings. The van der Waals surface area contributed by atoms with E-state index >= 15 is 0 Å². The Labute approximate surface area is 233 Å². The number of halogens is 1. The Bertz CT molecular complexity index is 1390. The Morgan fingerprint density at radius 2 is 1.62 bits per heavy atom. The molecule has 2 aliphatic rings. The summed E-state index contributed by atoms with van der Waals surface area (Å²) in [5.74, 6) is -0.0404. The Balaban J connectivity index is 1.14. The van der Waals surface area contributed by atoms with Crippen LogP contribution in [0, 0.1) is 11.7 Å². The number of carbonyl (C=O) groups excluding carboxylic acids is 3. The minimum atomic E-state index is -0.611. The zero-order valence-corrected chi connectivity index (χ0v) is 22.9. The van der Waals surface area contributed by atoms with Gasteiger partial charge in [0.15, 0.2) is 0 Å². The second-order valence-corrected chi connectivity index (χ2v) is 10.8. The predicted octanol–water partition coefficient (Wildman–Crippen LogP) is 5.59. The number of carbonyl (C=O) groups is 3. The van der Waals surface area contributed by atoms with Crippen LogP contribution >= 0.6 is 0 Å². The first-order chi connectivity index (χ1) is 19.3. The molecule has 40 heavy (non-hydrogen) atoms. The molecule has 0 radical (unpaired) electrons. The van der Waals surface area contributed by atoms with Gasteiger partial charge in [0.2, 0.25) is 0 Å². The van der Waals surface area contributed by atoms with Crippen LogP contribution in [0.1, 0.15) is 68.2 Å². The SMILES string of the molecule is CN(C)C(=O)c1cccc(C(=O)N2CCC(c3ccc(NC(=O)c4ccc(OCC5CC5)cc4F)cc3)CC2)c1. The Morgan fingerprint density at radius 3 is 2.27 bits per heavy atom. The van der Waals surface area contributed by atoms with Crippen LogP contribution in [-0.2, 0) is 0 Å². The Hall–Kier alpha value is -4.20. The smallest absolute Gasteiger partial charge is 0.258 e. The van der Waals surface area contributed by atoms with Gasteiger partial charge in [-0.15, -0.1) is 0 Å². The molecular formula is C32H34FN3O4. The summed E-state index contributed by atoms with van der Waals surface area (Å²) in [6.07, 6.45) is 3.93. The van der Waals surface area contributed by atoms with Crippen LogP contribution in [0.25, 0.3) is 0 Å². The summed E-state index contributed by atoms with van der Waals surface area (Å²) in [5, 5.41) is 2.77. The first-order valence-electron chi connectivity index (χ1n) is 13.7. The summed E-state index contributed by atoms with van der Waals surface area (Å²) < 4.78 is 20.1. The van der Waals surface area contributed by atoms with E-state index in [1.807, 2.05) is 29.2 Å². The third kappa shape index (κ3) is 6.50. The van der Waals surface area contributed by atoms with Crippen LogP contribution in [0.15, 0.2) is 66.7 Å². The van der Waals surface area contributed by atoms with E-state index in [0.29, 0.717) is 48.2 Å². The molecule has 1 saturated heterocycles. The van der Waals surface area contributed by atoms with Gasteiger partial charge < -0.3 is 19.9 Å². The fourth-order valence-electron chi connectivity index (χ4n) is 4.95. The molecule has 208 valence electrons. The summed E-state index contributed by atoms with van der Waals surface area (Å²) in [4.78, 5) is 41.4. The van der Waals surface area contributed by atoms with Crippen molar-refractivity contribution in [2.45, 2.75) is 31.6 Å². The molecule has 1 aliphatic carbocycles. The molecule has 1 aliphatic heterocycles. The van der Waals surface area contributed by atoms with Gasteiger partial charge in [0.1, 0.15) is 11.6 Å². The number of anilines is 1. The third-order valence-electron chi connectivity index (χ3n) is 7.55. The standard InChI is InChI=1S/C32H34FN3O4/c1-35(2)31(38)24-4-3-5-25(18-24)32(39)36-16-14-23(15-17-36)22-8-10-26(11-9-22)34-30(37)28-13-12-27(19-29(28)33)40-20-21-6-7-21/h3-5,8-13,18-19,21,23H,6-7,14-17,20H2,1-2H3,(H,34,37). The minimum absolute atomic E-state index is 0.0310. The van der Waals surface area contributed by atoms with Crippen molar-refractivity contribution >= 4 is 23.4 Å². The summed E-state index contributed by atoms with van der Waals surface area (Å²) in [6.45, 7) is 1.82. The molecular weight excluding hydrogens is 509 g/mol. The lowest BCUT2D eigenvalue weighted by Gasteiger charge is -2.32. The zero-order chi connectivity index (χ0) is 28.2. The molecule has 7 nitrogen and oxygen atoms in total. The number of piperidine rings is 1. The second-order valence-electron chi connectivity index (χ2n) is 10.8. The second kappa shape index (κ2) is 11.9. The van der Waals surface area contributed by atoms with Crippen LogP contribution in [0.3, 0.4) is 0 Å². The van der Waals surface area contributed by atoms with Crippen molar-refractivity contribution in [3.8, 4) is 5.75 Å².